The second-order valence-electron chi connectivity index (χ2n) is 3.53. The van der Waals surface area contributed by atoms with Crippen LogP contribution in [0.15, 0.2) is 12.8 Å². The van der Waals surface area contributed by atoms with E-state index in [9.17, 15) is 0 Å². The minimum atomic E-state index is 0.455. The van der Waals surface area contributed by atoms with Crippen LogP contribution in [-0.2, 0) is 0 Å². The topological polar surface area (TPSA) is 31.9 Å². The number of imidazole rings is 1. The summed E-state index contributed by atoms with van der Waals surface area (Å²) >= 11 is 0. The number of aryl methyl sites for hydroxylation is 1. The number of hydrogen-bond acceptors (Lipinski definition) is 2. The lowest BCUT2D eigenvalue weighted by Crippen LogP contribution is -2.24. The van der Waals surface area contributed by atoms with Crippen LogP contribution in [0.2, 0.25) is 0 Å². The zero-order valence-electron chi connectivity index (χ0n) is 8.76. The minimum Gasteiger partial charge on any atom is -0.371 e. The summed E-state index contributed by atoms with van der Waals surface area (Å²) in [6.45, 7) is 10.2. The number of aromatic amines is 1. The summed E-state index contributed by atoms with van der Waals surface area (Å²) in [5.74, 6) is 0.924. The van der Waals surface area contributed by atoms with Gasteiger partial charge in [0.15, 0.2) is 0 Å². The smallest absolute Gasteiger partial charge is 0.103 e. The third-order valence-electron chi connectivity index (χ3n) is 2.21. The largest absolute Gasteiger partial charge is 0.371 e. The molecule has 1 N–H and O–H groups in total. The quantitative estimate of drug-likeness (QED) is 0.770. The Morgan fingerprint density at radius 1 is 1.62 bits per heavy atom. The van der Waals surface area contributed by atoms with E-state index in [0.29, 0.717) is 6.04 Å². The van der Waals surface area contributed by atoms with Crippen molar-refractivity contribution in [1.29, 1.82) is 0 Å². The van der Waals surface area contributed by atoms with Gasteiger partial charge in [-0.1, -0.05) is 6.58 Å². The molecule has 0 unspecified atom stereocenters. The fraction of sp³-hybridized carbons (Fsp3) is 0.500. The summed E-state index contributed by atoms with van der Waals surface area (Å²) in [6.07, 6.45) is 1.82. The van der Waals surface area contributed by atoms with Gasteiger partial charge < -0.3 is 9.88 Å². The molecule has 72 valence electrons. The first-order chi connectivity index (χ1) is 6.02. The number of nitrogens with one attached hydrogen (secondary N) is 1. The van der Waals surface area contributed by atoms with Gasteiger partial charge >= 0.3 is 0 Å². The van der Waals surface area contributed by atoms with Gasteiger partial charge in [-0.25, -0.2) is 4.98 Å². The van der Waals surface area contributed by atoms with Crippen LogP contribution in [-0.4, -0.2) is 28.0 Å². The predicted molar refractivity (Wildman–Crippen MR) is 55.3 cm³/mol. The van der Waals surface area contributed by atoms with Gasteiger partial charge in [-0.15, -0.1) is 0 Å². The maximum absolute atomic E-state index is 4.14. The summed E-state index contributed by atoms with van der Waals surface area (Å²) in [5.41, 5.74) is 1.98. The van der Waals surface area contributed by atoms with Crippen molar-refractivity contribution >= 4 is 5.70 Å². The van der Waals surface area contributed by atoms with E-state index in [0.717, 1.165) is 17.2 Å². The van der Waals surface area contributed by atoms with Gasteiger partial charge in [0, 0.05) is 13.1 Å². The Balaban J connectivity index is 2.79. The normalized spacial score (nSPS) is 10.5. The van der Waals surface area contributed by atoms with Gasteiger partial charge in [-0.2, -0.15) is 0 Å². The van der Waals surface area contributed by atoms with E-state index in [1.165, 1.54) is 0 Å². The monoisotopic (exact) mass is 179 g/mol. The molecule has 0 saturated heterocycles. The second kappa shape index (κ2) is 3.64. The zero-order chi connectivity index (χ0) is 10.0. The molecule has 1 heterocycles. The first-order valence-electron chi connectivity index (χ1n) is 4.46. The lowest BCUT2D eigenvalue weighted by Gasteiger charge is -2.24. The number of rotatable bonds is 3. The van der Waals surface area contributed by atoms with E-state index in [4.69, 9.17) is 0 Å². The molecule has 0 spiro atoms. The Morgan fingerprint density at radius 3 is 2.62 bits per heavy atom. The maximum atomic E-state index is 4.14. The van der Waals surface area contributed by atoms with Crippen LogP contribution in [0, 0.1) is 6.92 Å². The van der Waals surface area contributed by atoms with Crippen LogP contribution in [0.4, 0.5) is 0 Å². The van der Waals surface area contributed by atoms with E-state index < -0.39 is 0 Å². The second-order valence-corrected chi connectivity index (χ2v) is 3.53. The Labute approximate surface area is 79.5 Å². The van der Waals surface area contributed by atoms with Crippen molar-refractivity contribution in [2.75, 3.05) is 7.05 Å². The first-order valence-corrected chi connectivity index (χ1v) is 4.46. The highest BCUT2D eigenvalue weighted by Gasteiger charge is 2.09. The third-order valence-corrected chi connectivity index (χ3v) is 2.21. The highest BCUT2D eigenvalue weighted by molar-refractivity contribution is 5.57. The molecular formula is C10H17N3. The third kappa shape index (κ3) is 2.11. The molecule has 0 amide bonds. The highest BCUT2D eigenvalue weighted by atomic mass is 15.1. The van der Waals surface area contributed by atoms with Crippen molar-refractivity contribution in [2.45, 2.75) is 26.8 Å². The molecular weight excluding hydrogens is 162 g/mol. The van der Waals surface area contributed by atoms with Crippen LogP contribution < -0.4 is 0 Å². The Kier molecular flexibility index (Phi) is 2.76. The summed E-state index contributed by atoms with van der Waals surface area (Å²) in [4.78, 5) is 9.41. The Hall–Kier alpha value is -1.25. The highest BCUT2D eigenvalue weighted by Crippen LogP contribution is 2.15. The predicted octanol–water partition coefficient (Wildman–Crippen LogP) is 2.03. The summed E-state index contributed by atoms with van der Waals surface area (Å²) in [7, 11) is 2.03. The SMILES string of the molecule is C=C(c1cnc(C)[nH]1)N(C)C(C)C. The molecule has 0 radical (unpaired) electrons. The van der Waals surface area contributed by atoms with Gasteiger partial charge in [0.1, 0.15) is 5.82 Å². The maximum Gasteiger partial charge on any atom is 0.103 e. The van der Waals surface area contributed by atoms with Crippen LogP contribution in [0.3, 0.4) is 0 Å². The van der Waals surface area contributed by atoms with Crippen LogP contribution >= 0.6 is 0 Å². The number of aromatic nitrogens is 2. The summed E-state index contributed by atoms with van der Waals surface area (Å²) in [6, 6.07) is 0.455. The van der Waals surface area contributed by atoms with Crippen LogP contribution in [0.1, 0.15) is 25.4 Å². The Morgan fingerprint density at radius 2 is 2.23 bits per heavy atom. The van der Waals surface area contributed by atoms with Gasteiger partial charge in [0.2, 0.25) is 0 Å². The lowest BCUT2D eigenvalue weighted by atomic mass is 10.2. The molecule has 3 nitrogen and oxygen atoms in total. The van der Waals surface area contributed by atoms with Crippen molar-refractivity contribution in [3.8, 4) is 0 Å². The van der Waals surface area contributed by atoms with E-state index in [1.54, 1.807) is 0 Å². The number of hydrogen-bond donors (Lipinski definition) is 1. The average molecular weight is 179 g/mol. The van der Waals surface area contributed by atoms with Crippen molar-refractivity contribution in [3.05, 3.63) is 24.3 Å². The number of H-pyrrole nitrogens is 1. The number of nitrogens with zero attached hydrogens (tertiary/aromatic N) is 2. The molecule has 0 aliphatic rings. The molecule has 0 fully saturated rings. The summed E-state index contributed by atoms with van der Waals surface area (Å²) < 4.78 is 0. The molecule has 0 aliphatic carbocycles. The van der Waals surface area contributed by atoms with E-state index in [1.807, 2.05) is 20.2 Å². The zero-order valence-corrected chi connectivity index (χ0v) is 8.76. The molecule has 0 bridgehead atoms. The van der Waals surface area contributed by atoms with Gasteiger partial charge in [-0.3, -0.25) is 0 Å². The molecule has 1 aromatic heterocycles. The van der Waals surface area contributed by atoms with Crippen molar-refractivity contribution < 1.29 is 0 Å². The molecule has 3 heteroatoms. The molecule has 0 aromatic carbocycles. The molecule has 0 aliphatic heterocycles. The van der Waals surface area contributed by atoms with Crippen LogP contribution in [0.25, 0.3) is 5.70 Å². The van der Waals surface area contributed by atoms with Crippen molar-refractivity contribution in [1.82, 2.24) is 14.9 Å². The van der Waals surface area contributed by atoms with Crippen molar-refractivity contribution in [2.24, 2.45) is 0 Å². The first kappa shape index (κ1) is 9.84. The Bertz CT molecular complexity index is 299. The molecule has 0 atom stereocenters. The van der Waals surface area contributed by atoms with Gasteiger partial charge in [-0.05, 0) is 20.8 Å². The molecule has 1 rings (SSSR count). The fourth-order valence-electron chi connectivity index (χ4n) is 1.07. The van der Waals surface area contributed by atoms with Crippen molar-refractivity contribution in [3.63, 3.8) is 0 Å². The summed E-state index contributed by atoms with van der Waals surface area (Å²) in [5, 5.41) is 0. The van der Waals surface area contributed by atoms with Gasteiger partial charge in [0.25, 0.3) is 0 Å². The van der Waals surface area contributed by atoms with E-state index in [-0.39, 0.29) is 0 Å². The molecule has 13 heavy (non-hydrogen) atoms. The molecule has 0 saturated carbocycles. The van der Waals surface area contributed by atoms with E-state index >= 15 is 0 Å². The van der Waals surface area contributed by atoms with E-state index in [2.05, 4.69) is 35.3 Å². The fourth-order valence-corrected chi connectivity index (χ4v) is 1.07. The molecule has 1 aromatic rings. The van der Waals surface area contributed by atoms with Gasteiger partial charge in [0.05, 0.1) is 17.6 Å². The lowest BCUT2D eigenvalue weighted by molar-refractivity contribution is 0.396. The average Bonchev–Trinajstić information content (AvgIpc) is 2.49. The minimum absolute atomic E-state index is 0.455. The van der Waals surface area contributed by atoms with Crippen LogP contribution in [0.5, 0.6) is 0 Å². The standard InChI is InChI=1S/C10H17N3/c1-7(2)13(5)8(3)10-6-11-9(4)12-10/h6-7H,3H2,1-2,4-5H3,(H,11,12).